The van der Waals surface area contributed by atoms with Crippen molar-refractivity contribution in [3.05, 3.63) is 83.7 Å². The van der Waals surface area contributed by atoms with Gasteiger partial charge >= 0.3 is 0 Å². The Hall–Kier alpha value is -2.99. The average Bonchev–Trinajstić information content (AvgIpc) is 3.38. The van der Waals surface area contributed by atoms with Gasteiger partial charge in [0.15, 0.2) is 0 Å². The van der Waals surface area contributed by atoms with E-state index in [0.717, 1.165) is 31.6 Å². The van der Waals surface area contributed by atoms with Gasteiger partial charge in [0, 0.05) is 31.4 Å². The molecule has 2 aromatic carbocycles. The van der Waals surface area contributed by atoms with E-state index in [1.54, 1.807) is 10.9 Å². The number of carbonyl (C=O) groups is 1. The number of benzene rings is 2. The zero-order valence-corrected chi connectivity index (χ0v) is 16.8. The SMILES string of the molecule is CC1(CNC(=O)c2ccc(Cn3ccnn3)cc2)CCN(Cc2ccccc2)C1. The molecular formula is C23H27N5O. The number of rotatable bonds is 7. The number of hydrogen-bond acceptors (Lipinski definition) is 4. The summed E-state index contributed by atoms with van der Waals surface area (Å²) in [7, 11) is 0. The van der Waals surface area contributed by atoms with Crippen LogP contribution in [0.2, 0.25) is 0 Å². The van der Waals surface area contributed by atoms with Crippen LogP contribution >= 0.6 is 0 Å². The van der Waals surface area contributed by atoms with Gasteiger partial charge in [-0.05, 0) is 41.6 Å². The van der Waals surface area contributed by atoms with E-state index in [1.165, 1.54) is 5.56 Å². The van der Waals surface area contributed by atoms with Crippen LogP contribution in [0.3, 0.4) is 0 Å². The number of likely N-dealkylation sites (tertiary alicyclic amines) is 1. The molecule has 3 aromatic rings. The first-order valence-electron chi connectivity index (χ1n) is 10.1. The molecule has 4 rings (SSSR count). The Bertz CT molecular complexity index is 924. The molecule has 1 atom stereocenters. The lowest BCUT2D eigenvalue weighted by atomic mass is 9.89. The Morgan fingerprint density at radius 1 is 1.07 bits per heavy atom. The molecule has 1 unspecified atom stereocenters. The van der Waals surface area contributed by atoms with Gasteiger partial charge in [0.25, 0.3) is 5.91 Å². The molecule has 6 nitrogen and oxygen atoms in total. The van der Waals surface area contributed by atoms with Gasteiger partial charge in [0.2, 0.25) is 0 Å². The third-order valence-electron chi connectivity index (χ3n) is 5.59. The molecule has 0 saturated carbocycles. The molecule has 1 fully saturated rings. The van der Waals surface area contributed by atoms with Gasteiger partial charge < -0.3 is 5.32 Å². The Labute approximate surface area is 171 Å². The molecule has 0 bridgehead atoms. The second-order valence-corrected chi connectivity index (χ2v) is 8.24. The van der Waals surface area contributed by atoms with Crippen molar-refractivity contribution < 1.29 is 4.79 Å². The summed E-state index contributed by atoms with van der Waals surface area (Å²) in [5.41, 5.74) is 3.23. The van der Waals surface area contributed by atoms with Gasteiger partial charge in [-0.25, -0.2) is 4.68 Å². The maximum absolute atomic E-state index is 12.6. The summed E-state index contributed by atoms with van der Waals surface area (Å²) >= 11 is 0. The summed E-state index contributed by atoms with van der Waals surface area (Å²) in [5.74, 6) is -0.0139. The molecular weight excluding hydrogens is 362 g/mol. The monoisotopic (exact) mass is 389 g/mol. The van der Waals surface area contributed by atoms with Crippen molar-refractivity contribution in [1.82, 2.24) is 25.2 Å². The minimum Gasteiger partial charge on any atom is -0.351 e. The normalized spacial score (nSPS) is 19.3. The van der Waals surface area contributed by atoms with Gasteiger partial charge in [-0.15, -0.1) is 5.10 Å². The van der Waals surface area contributed by atoms with E-state index in [0.29, 0.717) is 18.7 Å². The fraction of sp³-hybridized carbons (Fsp3) is 0.348. The van der Waals surface area contributed by atoms with Crippen LogP contribution in [0.4, 0.5) is 0 Å². The van der Waals surface area contributed by atoms with E-state index in [9.17, 15) is 4.79 Å². The number of amides is 1. The van der Waals surface area contributed by atoms with E-state index >= 15 is 0 Å². The quantitative estimate of drug-likeness (QED) is 0.675. The molecule has 0 radical (unpaired) electrons. The van der Waals surface area contributed by atoms with Crippen molar-refractivity contribution in [2.75, 3.05) is 19.6 Å². The highest BCUT2D eigenvalue weighted by Crippen LogP contribution is 2.30. The minimum atomic E-state index is -0.0139. The maximum Gasteiger partial charge on any atom is 0.251 e. The molecule has 1 aliphatic heterocycles. The first kappa shape index (κ1) is 19.3. The predicted octanol–water partition coefficient (Wildman–Crippen LogP) is 2.97. The van der Waals surface area contributed by atoms with Crippen LogP contribution in [0.15, 0.2) is 67.0 Å². The van der Waals surface area contributed by atoms with Crippen molar-refractivity contribution >= 4 is 5.91 Å². The standard InChI is InChI=1S/C23H27N5O/c1-23(11-13-27(18-23)15-19-5-3-2-4-6-19)17-24-22(29)21-9-7-20(8-10-21)16-28-14-12-25-26-28/h2-10,12,14H,11,13,15-18H2,1H3,(H,24,29). The lowest BCUT2D eigenvalue weighted by Crippen LogP contribution is -2.37. The average molecular weight is 390 g/mol. The van der Waals surface area contributed by atoms with E-state index in [2.05, 4.69) is 51.7 Å². The number of nitrogens with one attached hydrogen (secondary N) is 1. The van der Waals surface area contributed by atoms with Gasteiger partial charge in [-0.3, -0.25) is 9.69 Å². The molecule has 1 aromatic heterocycles. The fourth-order valence-corrected chi connectivity index (χ4v) is 3.91. The van der Waals surface area contributed by atoms with Crippen molar-refractivity contribution in [2.45, 2.75) is 26.4 Å². The number of carbonyl (C=O) groups excluding carboxylic acids is 1. The summed E-state index contributed by atoms with van der Waals surface area (Å²) in [6, 6.07) is 18.2. The smallest absolute Gasteiger partial charge is 0.251 e. The zero-order chi connectivity index (χ0) is 20.1. The molecule has 0 aliphatic carbocycles. The van der Waals surface area contributed by atoms with Crippen molar-refractivity contribution in [2.24, 2.45) is 5.41 Å². The Morgan fingerprint density at radius 3 is 2.55 bits per heavy atom. The predicted molar refractivity (Wildman–Crippen MR) is 112 cm³/mol. The lowest BCUT2D eigenvalue weighted by molar-refractivity contribution is 0.0934. The third-order valence-corrected chi connectivity index (χ3v) is 5.59. The number of nitrogens with zero attached hydrogens (tertiary/aromatic N) is 4. The van der Waals surface area contributed by atoms with E-state index in [4.69, 9.17) is 0 Å². The van der Waals surface area contributed by atoms with E-state index < -0.39 is 0 Å². The van der Waals surface area contributed by atoms with Crippen LogP contribution in [-0.2, 0) is 13.1 Å². The fourth-order valence-electron chi connectivity index (χ4n) is 3.91. The molecule has 1 amide bonds. The lowest BCUT2D eigenvalue weighted by Gasteiger charge is -2.25. The molecule has 2 heterocycles. The van der Waals surface area contributed by atoms with E-state index in [1.807, 2.05) is 36.5 Å². The third kappa shape index (κ3) is 5.09. The van der Waals surface area contributed by atoms with E-state index in [-0.39, 0.29) is 11.3 Å². The summed E-state index contributed by atoms with van der Waals surface area (Å²) in [6.45, 7) is 6.64. The van der Waals surface area contributed by atoms with Crippen LogP contribution in [0.1, 0.15) is 34.8 Å². The van der Waals surface area contributed by atoms with Crippen LogP contribution in [-0.4, -0.2) is 45.4 Å². The van der Waals surface area contributed by atoms with Crippen LogP contribution in [0.25, 0.3) is 0 Å². The highest BCUT2D eigenvalue weighted by molar-refractivity contribution is 5.94. The maximum atomic E-state index is 12.6. The first-order chi connectivity index (χ1) is 14.1. The van der Waals surface area contributed by atoms with Gasteiger partial charge in [-0.1, -0.05) is 54.6 Å². The molecule has 1 aliphatic rings. The molecule has 6 heteroatoms. The van der Waals surface area contributed by atoms with Crippen molar-refractivity contribution in [3.8, 4) is 0 Å². The molecule has 150 valence electrons. The Kier molecular flexibility index (Phi) is 5.71. The summed E-state index contributed by atoms with van der Waals surface area (Å²) in [4.78, 5) is 15.1. The van der Waals surface area contributed by atoms with Crippen LogP contribution in [0, 0.1) is 5.41 Å². The number of aromatic nitrogens is 3. The second kappa shape index (κ2) is 8.57. The molecule has 1 N–H and O–H groups in total. The molecule has 0 spiro atoms. The Morgan fingerprint density at radius 2 is 1.83 bits per heavy atom. The first-order valence-corrected chi connectivity index (χ1v) is 10.1. The van der Waals surface area contributed by atoms with Gasteiger partial charge in [0.05, 0.1) is 12.7 Å². The zero-order valence-electron chi connectivity index (χ0n) is 16.8. The summed E-state index contributed by atoms with van der Waals surface area (Å²) in [5, 5.41) is 10.9. The highest BCUT2D eigenvalue weighted by Gasteiger charge is 2.33. The minimum absolute atomic E-state index is 0.0139. The summed E-state index contributed by atoms with van der Waals surface area (Å²) < 4.78 is 1.76. The Balaban J connectivity index is 1.27. The van der Waals surface area contributed by atoms with Crippen molar-refractivity contribution in [3.63, 3.8) is 0 Å². The van der Waals surface area contributed by atoms with Crippen molar-refractivity contribution in [1.29, 1.82) is 0 Å². The van der Waals surface area contributed by atoms with Crippen LogP contribution in [0.5, 0.6) is 0 Å². The van der Waals surface area contributed by atoms with Gasteiger partial charge in [0.1, 0.15) is 0 Å². The highest BCUT2D eigenvalue weighted by atomic mass is 16.1. The molecule has 29 heavy (non-hydrogen) atoms. The molecule has 1 saturated heterocycles. The van der Waals surface area contributed by atoms with Gasteiger partial charge in [-0.2, -0.15) is 0 Å². The second-order valence-electron chi connectivity index (χ2n) is 8.24. The number of hydrogen-bond donors (Lipinski definition) is 1. The van der Waals surface area contributed by atoms with Crippen LogP contribution < -0.4 is 5.32 Å². The summed E-state index contributed by atoms with van der Waals surface area (Å²) in [6.07, 6.45) is 4.58. The topological polar surface area (TPSA) is 63.1 Å². The largest absolute Gasteiger partial charge is 0.351 e.